The molecule has 2 aromatic carbocycles. The summed E-state index contributed by atoms with van der Waals surface area (Å²) in [5.41, 5.74) is 2.54. The largest absolute Gasteiger partial charge is 0.356 e. The van der Waals surface area contributed by atoms with Crippen molar-refractivity contribution in [2.75, 3.05) is 23.3 Å². The third-order valence-electron chi connectivity index (χ3n) is 4.95. The second-order valence-corrected chi connectivity index (χ2v) is 6.91. The summed E-state index contributed by atoms with van der Waals surface area (Å²) in [6.07, 6.45) is 5.40. The molecule has 0 spiro atoms. The van der Waals surface area contributed by atoms with E-state index in [9.17, 15) is 4.79 Å². The summed E-state index contributed by atoms with van der Waals surface area (Å²) in [4.78, 5) is 19.9. The molecule has 0 radical (unpaired) electrons. The topological polar surface area (TPSA) is 45.2 Å². The fourth-order valence-corrected chi connectivity index (χ4v) is 3.64. The first-order valence-electron chi connectivity index (χ1n) is 9.23. The zero-order valence-corrected chi connectivity index (χ0v) is 15.0. The minimum atomic E-state index is -0.121. The van der Waals surface area contributed by atoms with Gasteiger partial charge in [-0.25, -0.2) is 4.98 Å². The maximum atomic E-state index is 12.9. The molecule has 1 N–H and O–H groups in total. The fraction of sp³-hybridized carbons (Fsp3) is 0.273. The van der Waals surface area contributed by atoms with Crippen molar-refractivity contribution in [2.24, 2.45) is 0 Å². The van der Waals surface area contributed by atoms with Crippen LogP contribution in [0, 0.1) is 6.92 Å². The molecule has 1 fully saturated rings. The Hall–Kier alpha value is -2.88. The number of rotatable bonds is 3. The molecule has 1 saturated heterocycles. The lowest BCUT2D eigenvalue weighted by atomic mass is 10.0. The number of amides is 1. The number of aryl methyl sites for hydroxylation is 1. The molecule has 0 atom stereocenters. The van der Waals surface area contributed by atoms with Crippen LogP contribution in [0.3, 0.4) is 0 Å². The highest BCUT2D eigenvalue weighted by Crippen LogP contribution is 2.29. The smallest absolute Gasteiger partial charge is 0.257 e. The van der Waals surface area contributed by atoms with Crippen LogP contribution in [0.15, 0.2) is 54.7 Å². The first-order valence-corrected chi connectivity index (χ1v) is 9.23. The monoisotopic (exact) mass is 345 g/mol. The Labute approximate surface area is 153 Å². The minimum Gasteiger partial charge on any atom is -0.356 e. The van der Waals surface area contributed by atoms with E-state index in [4.69, 9.17) is 0 Å². The maximum absolute atomic E-state index is 12.9. The Morgan fingerprint density at radius 1 is 1.00 bits per heavy atom. The lowest BCUT2D eigenvalue weighted by Gasteiger charge is -2.29. The van der Waals surface area contributed by atoms with Crippen molar-refractivity contribution in [2.45, 2.75) is 26.2 Å². The van der Waals surface area contributed by atoms with Gasteiger partial charge in [-0.3, -0.25) is 4.79 Å². The molecule has 4 rings (SSSR count). The molecular weight excluding hydrogens is 322 g/mol. The molecule has 132 valence electrons. The van der Waals surface area contributed by atoms with E-state index in [1.54, 1.807) is 6.20 Å². The van der Waals surface area contributed by atoms with Crippen LogP contribution in [0.1, 0.15) is 35.2 Å². The zero-order chi connectivity index (χ0) is 17.9. The van der Waals surface area contributed by atoms with Crippen molar-refractivity contribution in [1.82, 2.24) is 4.98 Å². The van der Waals surface area contributed by atoms with E-state index >= 15 is 0 Å². The van der Waals surface area contributed by atoms with Gasteiger partial charge in [0.2, 0.25) is 0 Å². The molecule has 26 heavy (non-hydrogen) atoms. The Bertz CT molecular complexity index is 945. The second-order valence-electron chi connectivity index (χ2n) is 6.91. The average molecular weight is 345 g/mol. The lowest BCUT2D eigenvalue weighted by Crippen LogP contribution is -2.30. The standard InChI is InChI=1S/C22H23N3O/c1-16-8-7-9-17(14-16)24-22(26)20-15-23-21(25-12-5-2-6-13-25)19-11-4-3-10-18(19)20/h3-4,7-11,14-15H,2,5-6,12-13H2,1H3,(H,24,26). The number of anilines is 2. The number of fused-ring (bicyclic) bond motifs is 1. The molecule has 1 aliphatic heterocycles. The highest BCUT2D eigenvalue weighted by atomic mass is 16.1. The Morgan fingerprint density at radius 3 is 2.54 bits per heavy atom. The van der Waals surface area contributed by atoms with Crippen molar-refractivity contribution in [3.05, 3.63) is 65.9 Å². The first-order chi connectivity index (χ1) is 12.7. The fourth-order valence-electron chi connectivity index (χ4n) is 3.64. The zero-order valence-electron chi connectivity index (χ0n) is 15.0. The van der Waals surface area contributed by atoms with Gasteiger partial charge >= 0.3 is 0 Å². The predicted octanol–water partition coefficient (Wildman–Crippen LogP) is 4.79. The van der Waals surface area contributed by atoms with Gasteiger partial charge in [-0.2, -0.15) is 0 Å². The molecule has 4 heteroatoms. The summed E-state index contributed by atoms with van der Waals surface area (Å²) in [6.45, 7) is 4.08. The summed E-state index contributed by atoms with van der Waals surface area (Å²) in [5, 5.41) is 5.00. The van der Waals surface area contributed by atoms with Gasteiger partial charge in [0.25, 0.3) is 5.91 Å². The third-order valence-corrected chi connectivity index (χ3v) is 4.95. The summed E-state index contributed by atoms with van der Waals surface area (Å²) in [6, 6.07) is 15.9. The number of nitrogens with zero attached hydrogens (tertiary/aromatic N) is 2. The van der Waals surface area contributed by atoms with Crippen molar-refractivity contribution < 1.29 is 4.79 Å². The summed E-state index contributed by atoms with van der Waals surface area (Å²) in [7, 11) is 0. The molecular formula is C22H23N3O. The van der Waals surface area contributed by atoms with Crippen LogP contribution in [-0.4, -0.2) is 24.0 Å². The Kier molecular flexibility index (Phi) is 4.57. The minimum absolute atomic E-state index is 0.121. The molecule has 0 unspecified atom stereocenters. The summed E-state index contributed by atoms with van der Waals surface area (Å²) >= 11 is 0. The van der Waals surface area contributed by atoms with Gasteiger partial charge in [0, 0.05) is 30.4 Å². The first kappa shape index (κ1) is 16.6. The van der Waals surface area contributed by atoms with E-state index in [1.165, 1.54) is 19.3 Å². The predicted molar refractivity (Wildman–Crippen MR) is 107 cm³/mol. The quantitative estimate of drug-likeness (QED) is 0.742. The van der Waals surface area contributed by atoms with Gasteiger partial charge in [0.15, 0.2) is 0 Å². The van der Waals surface area contributed by atoms with Crippen molar-refractivity contribution >= 4 is 28.2 Å². The van der Waals surface area contributed by atoms with Crippen LogP contribution >= 0.6 is 0 Å². The Morgan fingerprint density at radius 2 is 1.77 bits per heavy atom. The number of nitrogens with one attached hydrogen (secondary N) is 1. The number of carbonyl (C=O) groups is 1. The third kappa shape index (κ3) is 3.27. The van der Waals surface area contributed by atoms with Crippen LogP contribution in [0.2, 0.25) is 0 Å². The number of benzene rings is 2. The number of pyridine rings is 1. The van der Waals surface area contributed by atoms with Gasteiger partial charge in [-0.05, 0) is 49.3 Å². The van der Waals surface area contributed by atoms with E-state index in [0.717, 1.165) is 40.9 Å². The molecule has 1 aliphatic rings. The number of piperidine rings is 1. The highest BCUT2D eigenvalue weighted by Gasteiger charge is 2.18. The van der Waals surface area contributed by atoms with Crippen molar-refractivity contribution in [1.29, 1.82) is 0 Å². The van der Waals surface area contributed by atoms with Crippen LogP contribution < -0.4 is 10.2 Å². The van der Waals surface area contributed by atoms with E-state index < -0.39 is 0 Å². The molecule has 4 nitrogen and oxygen atoms in total. The van der Waals surface area contributed by atoms with Gasteiger partial charge < -0.3 is 10.2 Å². The lowest BCUT2D eigenvalue weighted by molar-refractivity contribution is 0.102. The Balaban J connectivity index is 1.70. The number of aromatic nitrogens is 1. The summed E-state index contributed by atoms with van der Waals surface area (Å²) in [5.74, 6) is 0.872. The maximum Gasteiger partial charge on any atom is 0.257 e. The molecule has 3 aromatic rings. The van der Waals surface area contributed by atoms with Crippen molar-refractivity contribution in [3.8, 4) is 0 Å². The van der Waals surface area contributed by atoms with Crippen LogP contribution in [-0.2, 0) is 0 Å². The van der Waals surface area contributed by atoms with E-state index in [-0.39, 0.29) is 5.91 Å². The molecule has 1 amide bonds. The molecule has 0 aliphatic carbocycles. The van der Waals surface area contributed by atoms with E-state index in [2.05, 4.69) is 21.3 Å². The van der Waals surface area contributed by atoms with Crippen LogP contribution in [0.4, 0.5) is 11.5 Å². The van der Waals surface area contributed by atoms with Crippen LogP contribution in [0.25, 0.3) is 10.8 Å². The summed E-state index contributed by atoms with van der Waals surface area (Å²) < 4.78 is 0. The normalized spacial score (nSPS) is 14.4. The molecule has 0 saturated carbocycles. The van der Waals surface area contributed by atoms with Crippen molar-refractivity contribution in [3.63, 3.8) is 0 Å². The van der Waals surface area contributed by atoms with Crippen LogP contribution in [0.5, 0.6) is 0 Å². The molecule has 0 bridgehead atoms. The van der Waals surface area contributed by atoms with Gasteiger partial charge in [0.1, 0.15) is 5.82 Å². The number of hydrogen-bond donors (Lipinski definition) is 1. The van der Waals surface area contributed by atoms with E-state index in [0.29, 0.717) is 5.56 Å². The number of hydrogen-bond acceptors (Lipinski definition) is 3. The molecule has 1 aromatic heterocycles. The molecule has 2 heterocycles. The average Bonchev–Trinajstić information content (AvgIpc) is 2.68. The number of carbonyl (C=O) groups excluding carboxylic acids is 1. The SMILES string of the molecule is Cc1cccc(NC(=O)c2cnc(N3CCCCC3)c3ccccc23)c1. The van der Waals surface area contributed by atoms with Gasteiger partial charge in [-0.15, -0.1) is 0 Å². The van der Waals surface area contributed by atoms with Gasteiger partial charge in [0.05, 0.1) is 5.56 Å². The second kappa shape index (κ2) is 7.16. The van der Waals surface area contributed by atoms with E-state index in [1.807, 2.05) is 49.4 Å². The highest BCUT2D eigenvalue weighted by molar-refractivity contribution is 6.14. The van der Waals surface area contributed by atoms with Gasteiger partial charge in [-0.1, -0.05) is 36.4 Å².